The number of rotatable bonds is 1. The van der Waals surface area contributed by atoms with E-state index in [4.69, 9.17) is 0 Å². The molecule has 0 aliphatic rings. The average Bonchev–Trinajstić information content (AvgIpc) is 2.60. The molecule has 82 valence electrons. The summed E-state index contributed by atoms with van der Waals surface area (Å²) in [6, 6.07) is 1.43. The van der Waals surface area contributed by atoms with E-state index in [1.54, 1.807) is 13.1 Å². The number of aromatic nitrogens is 2. The predicted octanol–water partition coefficient (Wildman–Crippen LogP) is 3.05. The first-order valence-corrected chi connectivity index (χ1v) is 5.40. The number of halogens is 1. The van der Waals surface area contributed by atoms with Gasteiger partial charge in [-0.05, 0) is 12.5 Å². The molecule has 1 N–H and O–H groups in total. The Bertz CT molecular complexity index is 504. The lowest BCUT2D eigenvalue weighted by Crippen LogP contribution is -1.99. The van der Waals surface area contributed by atoms with Gasteiger partial charge in [0, 0.05) is 18.5 Å². The molecule has 0 aliphatic carbocycles. The van der Waals surface area contributed by atoms with Crippen LogP contribution in [0, 0.1) is 6.92 Å². The topological polar surface area (TPSA) is 37.8 Å². The predicted molar refractivity (Wildman–Crippen MR) is 62.7 cm³/mol. The van der Waals surface area contributed by atoms with E-state index in [0.717, 1.165) is 5.56 Å². The molecule has 0 saturated heterocycles. The molecule has 0 fully saturated rings. The molecule has 0 atom stereocenters. The Morgan fingerprint density at radius 2 is 2.13 bits per heavy atom. The summed E-state index contributed by atoms with van der Waals surface area (Å²) in [6.07, 6.45) is 3.10. The molecule has 0 amide bonds. The van der Waals surface area contributed by atoms with Gasteiger partial charge in [0.05, 0.1) is 5.39 Å². The van der Waals surface area contributed by atoms with Gasteiger partial charge in [-0.1, -0.05) is 13.8 Å². The first kappa shape index (κ1) is 11.8. The third-order valence-electron chi connectivity index (χ3n) is 1.94. The number of nitrogens with one attached hydrogen (secondary N) is 1. The molecule has 2 heterocycles. The molecule has 0 radical (unpaired) electrons. The van der Waals surface area contributed by atoms with Gasteiger partial charge in [-0.2, -0.15) is 0 Å². The average molecular weight is 228 g/mol. The number of aromatic amines is 1. The highest BCUT2D eigenvalue weighted by Gasteiger charge is 2.08. The summed E-state index contributed by atoms with van der Waals surface area (Å²) >= 11 is 0.0744. The highest BCUT2D eigenvalue weighted by atomic mass is 32.2. The van der Waals surface area contributed by atoms with Gasteiger partial charge in [-0.25, -0.2) is 3.97 Å². The lowest BCUT2D eigenvalue weighted by atomic mass is 10.2. The molecule has 0 unspecified atom stereocenters. The maximum absolute atomic E-state index is 12.4. The van der Waals surface area contributed by atoms with Gasteiger partial charge < -0.3 is 4.98 Å². The fraction of sp³-hybridized carbons (Fsp3) is 0.300. The Labute approximate surface area is 91.7 Å². The van der Waals surface area contributed by atoms with E-state index in [-0.39, 0.29) is 17.8 Å². The summed E-state index contributed by atoms with van der Waals surface area (Å²) in [5.41, 5.74) is 1.21. The van der Waals surface area contributed by atoms with Crippen LogP contribution in [-0.2, 0) is 0 Å². The van der Waals surface area contributed by atoms with Gasteiger partial charge in [0.2, 0.25) is 0 Å². The zero-order valence-corrected chi connectivity index (χ0v) is 9.69. The summed E-state index contributed by atoms with van der Waals surface area (Å²) in [4.78, 5) is 14.2. The van der Waals surface area contributed by atoms with Crippen molar-refractivity contribution in [1.82, 2.24) is 8.96 Å². The van der Waals surface area contributed by atoms with Crippen molar-refractivity contribution in [3.8, 4) is 0 Å². The molecule has 0 bridgehead atoms. The van der Waals surface area contributed by atoms with Crippen molar-refractivity contribution in [3.05, 3.63) is 34.2 Å². The van der Waals surface area contributed by atoms with Crippen molar-refractivity contribution in [1.29, 1.82) is 0 Å². The fourth-order valence-electron chi connectivity index (χ4n) is 1.38. The van der Waals surface area contributed by atoms with Gasteiger partial charge in [0.25, 0.3) is 0 Å². The molecule has 15 heavy (non-hydrogen) atoms. The Kier molecular flexibility index (Phi) is 3.96. The number of nitrogens with zero attached hydrogens (tertiary/aromatic N) is 1. The minimum Gasteiger partial charge on any atom is -0.347 e. The summed E-state index contributed by atoms with van der Waals surface area (Å²) in [6.45, 7) is 5.78. The fourth-order valence-corrected chi connectivity index (χ4v) is 1.79. The first-order chi connectivity index (χ1) is 7.24. The minimum absolute atomic E-state index is 0.0744. The number of hydrogen-bond donors (Lipinski definition) is 1. The van der Waals surface area contributed by atoms with E-state index >= 15 is 0 Å². The van der Waals surface area contributed by atoms with Crippen molar-refractivity contribution < 1.29 is 3.89 Å². The lowest BCUT2D eigenvalue weighted by molar-refractivity contribution is 0.919. The van der Waals surface area contributed by atoms with Crippen molar-refractivity contribution in [2.45, 2.75) is 20.8 Å². The molecule has 2 aromatic heterocycles. The number of pyridine rings is 1. The molecule has 0 saturated carbocycles. The summed E-state index contributed by atoms with van der Waals surface area (Å²) in [5, 5.41) is 0.549. The summed E-state index contributed by atoms with van der Waals surface area (Å²) in [7, 11) is 0. The Hall–Kier alpha value is -1.23. The monoisotopic (exact) mass is 228 g/mol. The Morgan fingerprint density at radius 1 is 1.47 bits per heavy atom. The van der Waals surface area contributed by atoms with E-state index in [9.17, 15) is 8.68 Å². The molecular formula is C10H13FN2OS. The third kappa shape index (κ3) is 2.07. The van der Waals surface area contributed by atoms with Gasteiger partial charge in [0.15, 0.2) is 17.8 Å². The molecule has 3 nitrogen and oxygen atoms in total. The molecule has 2 rings (SSSR count). The van der Waals surface area contributed by atoms with Crippen molar-refractivity contribution >= 4 is 23.4 Å². The van der Waals surface area contributed by atoms with Crippen molar-refractivity contribution in [2.75, 3.05) is 0 Å². The van der Waals surface area contributed by atoms with E-state index < -0.39 is 0 Å². The summed E-state index contributed by atoms with van der Waals surface area (Å²) < 4.78 is 13.7. The van der Waals surface area contributed by atoms with E-state index in [1.807, 2.05) is 13.8 Å². The summed E-state index contributed by atoms with van der Waals surface area (Å²) in [5.74, 6) is 0. The Balaban J connectivity index is 0.000000531. The molecule has 0 aromatic carbocycles. The van der Waals surface area contributed by atoms with Crippen LogP contribution < -0.4 is 5.43 Å². The van der Waals surface area contributed by atoms with Crippen molar-refractivity contribution in [2.24, 2.45) is 0 Å². The number of fused-ring (bicyclic) bond motifs is 1. The van der Waals surface area contributed by atoms with Crippen LogP contribution in [0.25, 0.3) is 11.0 Å². The largest absolute Gasteiger partial charge is 0.347 e. The molecular weight excluding hydrogens is 215 g/mol. The SMILES string of the molecule is CC.Cc1cn(SF)c2[nH]ccc(=O)c12. The quantitative estimate of drug-likeness (QED) is 0.814. The number of hydrogen-bond acceptors (Lipinski definition) is 2. The molecule has 0 aliphatic heterocycles. The Morgan fingerprint density at radius 3 is 2.73 bits per heavy atom. The smallest absolute Gasteiger partial charge is 0.191 e. The van der Waals surface area contributed by atoms with Gasteiger partial charge in [-0.3, -0.25) is 4.79 Å². The van der Waals surface area contributed by atoms with Crippen LogP contribution in [0.4, 0.5) is 3.89 Å². The van der Waals surface area contributed by atoms with Gasteiger partial charge in [0.1, 0.15) is 5.65 Å². The lowest BCUT2D eigenvalue weighted by Gasteiger charge is -1.93. The minimum atomic E-state index is -0.0842. The van der Waals surface area contributed by atoms with Crippen LogP contribution in [-0.4, -0.2) is 8.96 Å². The second-order valence-corrected chi connectivity index (χ2v) is 3.30. The molecule has 5 heteroatoms. The van der Waals surface area contributed by atoms with E-state index in [1.165, 1.54) is 16.2 Å². The zero-order valence-electron chi connectivity index (χ0n) is 8.87. The van der Waals surface area contributed by atoms with Crippen molar-refractivity contribution in [3.63, 3.8) is 0 Å². The zero-order chi connectivity index (χ0) is 11.4. The van der Waals surface area contributed by atoms with Gasteiger partial charge in [-0.15, -0.1) is 3.89 Å². The standard InChI is InChI=1S/C8H7FN2OS.C2H6/c1-5-4-11(13-9)8-7(5)6(12)2-3-10-8;1-2/h2-4H,1H3,(H,10,12);1-2H3. The normalized spacial score (nSPS) is 9.87. The van der Waals surface area contributed by atoms with Crippen LogP contribution >= 0.6 is 12.3 Å². The third-order valence-corrected chi connectivity index (χ3v) is 2.37. The highest BCUT2D eigenvalue weighted by molar-refractivity contribution is 7.92. The van der Waals surface area contributed by atoms with Gasteiger partial charge >= 0.3 is 0 Å². The molecule has 0 spiro atoms. The van der Waals surface area contributed by atoms with Crippen LogP contribution in [0.2, 0.25) is 0 Å². The number of aryl methyl sites for hydroxylation is 1. The second-order valence-electron chi connectivity index (χ2n) is 2.77. The van der Waals surface area contributed by atoms with Crippen LogP contribution in [0.1, 0.15) is 19.4 Å². The first-order valence-electron chi connectivity index (χ1n) is 4.72. The van der Waals surface area contributed by atoms with Crippen LogP contribution in [0.15, 0.2) is 23.3 Å². The maximum atomic E-state index is 12.4. The number of H-pyrrole nitrogens is 1. The van der Waals surface area contributed by atoms with Crippen LogP contribution in [0.3, 0.4) is 0 Å². The van der Waals surface area contributed by atoms with E-state index in [0.29, 0.717) is 11.0 Å². The second kappa shape index (κ2) is 5.02. The molecule has 2 aromatic rings. The van der Waals surface area contributed by atoms with E-state index in [2.05, 4.69) is 4.98 Å². The maximum Gasteiger partial charge on any atom is 0.191 e. The van der Waals surface area contributed by atoms with Crippen LogP contribution in [0.5, 0.6) is 0 Å². The highest BCUT2D eigenvalue weighted by Crippen LogP contribution is 2.20.